The minimum absolute atomic E-state index is 0.327. The number of hydrogen-bond acceptors (Lipinski definition) is 5. The molecule has 2 heterocycles. The summed E-state index contributed by atoms with van der Waals surface area (Å²) in [5.41, 5.74) is 3.91. The second-order valence-corrected chi connectivity index (χ2v) is 6.99. The highest BCUT2D eigenvalue weighted by Gasteiger charge is 2.43. The van der Waals surface area contributed by atoms with Crippen LogP contribution in [-0.4, -0.2) is 35.9 Å². The number of halogens is 1. The highest BCUT2D eigenvalue weighted by molar-refractivity contribution is 6.04. The Balaban J connectivity index is 2.00. The third kappa shape index (κ3) is 2.80. The van der Waals surface area contributed by atoms with E-state index < -0.39 is 22.7 Å². The van der Waals surface area contributed by atoms with Gasteiger partial charge in [0, 0.05) is 23.6 Å². The zero-order valence-corrected chi connectivity index (χ0v) is 15.6. The molecule has 7 nitrogen and oxygen atoms in total. The van der Waals surface area contributed by atoms with Gasteiger partial charge in [-0.25, -0.2) is 4.39 Å². The van der Waals surface area contributed by atoms with E-state index in [2.05, 4.69) is 10.2 Å². The summed E-state index contributed by atoms with van der Waals surface area (Å²) in [5, 5.41) is 14.2. The second-order valence-electron chi connectivity index (χ2n) is 6.99. The van der Waals surface area contributed by atoms with Crippen LogP contribution in [0.5, 0.6) is 5.75 Å². The van der Waals surface area contributed by atoms with Gasteiger partial charge in [0.2, 0.25) is 0 Å². The van der Waals surface area contributed by atoms with Crippen LogP contribution < -0.4 is 10.1 Å². The van der Waals surface area contributed by atoms with Crippen molar-refractivity contribution in [3.63, 3.8) is 0 Å². The molecule has 1 amide bonds. The number of nitrogens with one attached hydrogen (secondary N) is 1. The number of nitrogens with zero attached hydrogens (tertiary/aromatic N) is 2. The molecule has 0 saturated carbocycles. The van der Waals surface area contributed by atoms with Crippen LogP contribution in [0.15, 0.2) is 24.3 Å². The van der Waals surface area contributed by atoms with Crippen molar-refractivity contribution in [1.29, 1.82) is 0 Å². The Labute approximate surface area is 161 Å². The lowest BCUT2D eigenvalue weighted by atomic mass is 9.86. The number of carbonyl (C=O) groups excluding carboxylic acids is 1. The van der Waals surface area contributed by atoms with E-state index in [4.69, 9.17) is 4.74 Å². The van der Waals surface area contributed by atoms with Crippen LogP contribution in [0.2, 0.25) is 0 Å². The molecule has 0 bridgehead atoms. The standard InChI is InChI=1S/C20H20FN3O4/c1-3-23-7-6-12-13(14-8-11(21)4-5-17(14)28-2)9-15-18(16(12)10-23)22-20(25)19(15)24(26)27/h4-5,8-9,19H,3,6-7,10H2,1-2H3,(H,22,25). The zero-order valence-electron chi connectivity index (χ0n) is 15.6. The number of rotatable bonds is 4. The maximum atomic E-state index is 14.0. The quantitative estimate of drug-likeness (QED) is 0.646. The monoisotopic (exact) mass is 385 g/mol. The fraction of sp³-hybridized carbons (Fsp3) is 0.350. The van der Waals surface area contributed by atoms with Gasteiger partial charge in [0.25, 0.3) is 0 Å². The van der Waals surface area contributed by atoms with E-state index in [9.17, 15) is 19.3 Å². The molecule has 1 atom stereocenters. The third-order valence-corrected chi connectivity index (χ3v) is 5.54. The summed E-state index contributed by atoms with van der Waals surface area (Å²) in [6.45, 7) is 4.27. The summed E-state index contributed by atoms with van der Waals surface area (Å²) in [6, 6.07) is 4.42. The minimum Gasteiger partial charge on any atom is -0.496 e. The van der Waals surface area contributed by atoms with Crippen molar-refractivity contribution >= 4 is 11.6 Å². The number of anilines is 1. The highest BCUT2D eigenvalue weighted by atomic mass is 19.1. The Kier molecular flexibility index (Phi) is 4.50. The average Bonchev–Trinajstić information content (AvgIpc) is 3.03. The van der Waals surface area contributed by atoms with Crippen molar-refractivity contribution in [3.05, 3.63) is 56.9 Å². The number of hydrogen-bond donors (Lipinski definition) is 1. The fourth-order valence-corrected chi connectivity index (χ4v) is 4.14. The number of benzene rings is 2. The predicted molar refractivity (Wildman–Crippen MR) is 101 cm³/mol. The first-order valence-electron chi connectivity index (χ1n) is 9.13. The highest BCUT2D eigenvalue weighted by Crippen LogP contribution is 2.45. The van der Waals surface area contributed by atoms with Gasteiger partial charge in [-0.3, -0.25) is 19.8 Å². The van der Waals surface area contributed by atoms with E-state index in [0.717, 1.165) is 24.2 Å². The van der Waals surface area contributed by atoms with Gasteiger partial charge < -0.3 is 10.1 Å². The topological polar surface area (TPSA) is 84.7 Å². The molecule has 28 heavy (non-hydrogen) atoms. The molecule has 2 aromatic carbocycles. The van der Waals surface area contributed by atoms with Crippen LogP contribution in [0.3, 0.4) is 0 Å². The molecule has 1 unspecified atom stereocenters. The molecule has 0 fully saturated rings. The van der Waals surface area contributed by atoms with Gasteiger partial charge in [0.05, 0.1) is 18.4 Å². The van der Waals surface area contributed by atoms with Crippen molar-refractivity contribution in [1.82, 2.24) is 4.90 Å². The Morgan fingerprint density at radius 1 is 1.32 bits per heavy atom. The number of fused-ring (bicyclic) bond motifs is 3. The van der Waals surface area contributed by atoms with Crippen molar-refractivity contribution in [2.75, 3.05) is 25.5 Å². The first-order valence-corrected chi connectivity index (χ1v) is 9.13. The molecule has 2 aromatic rings. The summed E-state index contributed by atoms with van der Waals surface area (Å²) >= 11 is 0. The molecule has 2 aliphatic heterocycles. The lowest BCUT2D eigenvalue weighted by Gasteiger charge is -2.31. The molecule has 0 spiro atoms. The molecular weight excluding hydrogens is 365 g/mol. The summed E-state index contributed by atoms with van der Waals surface area (Å²) in [5.74, 6) is -0.577. The molecule has 0 aliphatic carbocycles. The van der Waals surface area contributed by atoms with Crippen molar-refractivity contribution in [3.8, 4) is 16.9 Å². The summed E-state index contributed by atoms with van der Waals surface area (Å²) in [6.07, 6.45) is 0.699. The van der Waals surface area contributed by atoms with Gasteiger partial charge >= 0.3 is 11.9 Å². The molecule has 0 radical (unpaired) electrons. The third-order valence-electron chi connectivity index (χ3n) is 5.54. The normalized spacial score (nSPS) is 18.4. The number of carbonyl (C=O) groups is 1. The maximum absolute atomic E-state index is 14.0. The van der Waals surface area contributed by atoms with Crippen LogP contribution in [0.1, 0.15) is 29.7 Å². The van der Waals surface area contributed by atoms with Crippen LogP contribution in [0.4, 0.5) is 10.1 Å². The van der Waals surface area contributed by atoms with Crippen molar-refractivity contribution < 1.29 is 18.8 Å². The molecule has 1 N–H and O–H groups in total. The minimum atomic E-state index is -1.46. The lowest BCUT2D eigenvalue weighted by molar-refractivity contribution is -0.511. The first kappa shape index (κ1) is 18.4. The van der Waals surface area contributed by atoms with Gasteiger partial charge in [0.15, 0.2) is 0 Å². The van der Waals surface area contributed by atoms with E-state index in [1.165, 1.54) is 19.2 Å². The average molecular weight is 385 g/mol. The number of amides is 1. The Bertz CT molecular complexity index is 992. The Morgan fingerprint density at radius 2 is 2.11 bits per heavy atom. The predicted octanol–water partition coefficient (Wildman–Crippen LogP) is 3.15. The smallest absolute Gasteiger partial charge is 0.317 e. The molecule has 0 aromatic heterocycles. The van der Waals surface area contributed by atoms with E-state index >= 15 is 0 Å². The van der Waals surface area contributed by atoms with Crippen LogP contribution in [-0.2, 0) is 17.8 Å². The van der Waals surface area contributed by atoms with Crippen LogP contribution in [0, 0.1) is 15.9 Å². The maximum Gasteiger partial charge on any atom is 0.317 e. The van der Waals surface area contributed by atoms with Crippen LogP contribution in [0.25, 0.3) is 11.1 Å². The van der Waals surface area contributed by atoms with Gasteiger partial charge in [-0.2, -0.15) is 0 Å². The van der Waals surface area contributed by atoms with E-state index in [-0.39, 0.29) is 0 Å². The number of nitro groups is 1. The van der Waals surface area contributed by atoms with Gasteiger partial charge in [-0.15, -0.1) is 0 Å². The molecule has 146 valence electrons. The first-order chi connectivity index (χ1) is 13.4. The van der Waals surface area contributed by atoms with Crippen molar-refractivity contribution in [2.45, 2.75) is 25.9 Å². The zero-order chi connectivity index (χ0) is 20.0. The fourth-order valence-electron chi connectivity index (χ4n) is 4.14. The second kappa shape index (κ2) is 6.87. The van der Waals surface area contributed by atoms with Gasteiger partial charge in [-0.1, -0.05) is 6.92 Å². The lowest BCUT2D eigenvalue weighted by Crippen LogP contribution is -2.31. The molecular formula is C20H20FN3O4. The number of methoxy groups -OCH3 is 1. The van der Waals surface area contributed by atoms with Crippen LogP contribution >= 0.6 is 0 Å². The van der Waals surface area contributed by atoms with Gasteiger partial charge in [0.1, 0.15) is 11.6 Å². The number of ether oxygens (including phenoxy) is 1. The molecule has 8 heteroatoms. The van der Waals surface area contributed by atoms with E-state index in [1.54, 1.807) is 12.1 Å². The Hall–Kier alpha value is -3.00. The van der Waals surface area contributed by atoms with Crippen molar-refractivity contribution in [2.24, 2.45) is 0 Å². The van der Waals surface area contributed by atoms with Gasteiger partial charge in [-0.05, 0) is 53.9 Å². The SMILES string of the molecule is CCN1CCc2c(-c3cc(F)ccc3OC)cc3c(c2C1)NC(=O)C3[N+](=O)[O-]. The summed E-state index contributed by atoms with van der Waals surface area (Å²) in [7, 11) is 1.50. The molecule has 4 rings (SSSR count). The Morgan fingerprint density at radius 3 is 2.79 bits per heavy atom. The number of likely N-dealkylation sites (N-methyl/N-ethyl adjacent to an activating group) is 1. The largest absolute Gasteiger partial charge is 0.496 e. The summed E-state index contributed by atoms with van der Waals surface area (Å²) < 4.78 is 19.4. The molecule has 0 saturated heterocycles. The van der Waals surface area contributed by atoms with E-state index in [0.29, 0.717) is 41.1 Å². The molecule has 2 aliphatic rings. The summed E-state index contributed by atoms with van der Waals surface area (Å²) in [4.78, 5) is 25.4. The van der Waals surface area contributed by atoms with E-state index in [1.807, 2.05) is 6.92 Å².